The van der Waals surface area contributed by atoms with Crippen LogP contribution in [-0.4, -0.2) is 50.1 Å². The van der Waals surface area contributed by atoms with Gasteiger partial charge in [0.1, 0.15) is 0 Å². The summed E-state index contributed by atoms with van der Waals surface area (Å²) < 4.78 is 5.04. The van der Waals surface area contributed by atoms with Crippen LogP contribution in [0.5, 0.6) is 0 Å². The zero-order valence-electron chi connectivity index (χ0n) is 16.8. The van der Waals surface area contributed by atoms with Crippen LogP contribution in [0.3, 0.4) is 0 Å². The Balaban J connectivity index is 1.86. The normalized spacial score (nSPS) is 18.9. The number of likely N-dealkylation sites (tertiary alicyclic amines) is 1. The fourth-order valence-corrected chi connectivity index (χ4v) is 3.94. The number of hydrogen-bond acceptors (Lipinski definition) is 3. The molecular formula is C23H28N2O3. The van der Waals surface area contributed by atoms with E-state index in [4.69, 9.17) is 4.74 Å². The summed E-state index contributed by atoms with van der Waals surface area (Å²) in [5.74, 6) is -0.322. The van der Waals surface area contributed by atoms with Gasteiger partial charge >= 0.3 is 0 Å². The van der Waals surface area contributed by atoms with Gasteiger partial charge in [0.05, 0.1) is 12.5 Å². The Bertz CT molecular complexity index is 849. The number of ether oxygens (including phenoxy) is 1. The van der Waals surface area contributed by atoms with Gasteiger partial charge in [0.15, 0.2) is 0 Å². The van der Waals surface area contributed by atoms with E-state index in [-0.39, 0.29) is 23.7 Å². The van der Waals surface area contributed by atoms with Crippen molar-refractivity contribution in [3.63, 3.8) is 0 Å². The van der Waals surface area contributed by atoms with Gasteiger partial charge in [0.2, 0.25) is 5.91 Å². The van der Waals surface area contributed by atoms with Crippen molar-refractivity contribution in [1.29, 1.82) is 0 Å². The van der Waals surface area contributed by atoms with E-state index in [9.17, 15) is 9.59 Å². The summed E-state index contributed by atoms with van der Waals surface area (Å²) in [6.45, 7) is 5.90. The number of rotatable bonds is 6. The molecule has 1 aliphatic rings. The molecule has 28 heavy (non-hydrogen) atoms. The summed E-state index contributed by atoms with van der Waals surface area (Å²) in [4.78, 5) is 27.8. The monoisotopic (exact) mass is 380 g/mol. The molecule has 0 aliphatic carbocycles. The summed E-state index contributed by atoms with van der Waals surface area (Å²) in [6.07, 6.45) is 0. The maximum atomic E-state index is 13.1. The van der Waals surface area contributed by atoms with E-state index in [0.29, 0.717) is 31.8 Å². The highest BCUT2D eigenvalue weighted by Crippen LogP contribution is 2.35. The predicted molar refractivity (Wildman–Crippen MR) is 109 cm³/mol. The number of benzene rings is 2. The second-order valence-electron chi connectivity index (χ2n) is 7.38. The first kappa shape index (κ1) is 20.1. The minimum Gasteiger partial charge on any atom is -0.383 e. The quantitative estimate of drug-likeness (QED) is 0.784. The highest BCUT2D eigenvalue weighted by atomic mass is 16.5. The summed E-state index contributed by atoms with van der Waals surface area (Å²) in [5.41, 5.74) is 3.93. The van der Waals surface area contributed by atoms with Crippen LogP contribution < -0.4 is 5.32 Å². The van der Waals surface area contributed by atoms with E-state index < -0.39 is 0 Å². The number of methoxy groups -OCH3 is 1. The van der Waals surface area contributed by atoms with Crippen LogP contribution in [0, 0.1) is 19.8 Å². The molecule has 2 amide bonds. The molecule has 148 valence electrons. The molecule has 0 bridgehead atoms. The van der Waals surface area contributed by atoms with Crippen LogP contribution in [0.2, 0.25) is 0 Å². The van der Waals surface area contributed by atoms with E-state index in [1.165, 1.54) is 0 Å². The average molecular weight is 380 g/mol. The zero-order chi connectivity index (χ0) is 20.1. The molecule has 1 heterocycles. The van der Waals surface area contributed by atoms with Crippen molar-refractivity contribution in [2.24, 2.45) is 5.92 Å². The third-order valence-corrected chi connectivity index (χ3v) is 5.51. The fraction of sp³-hybridized carbons (Fsp3) is 0.391. The fourth-order valence-electron chi connectivity index (χ4n) is 3.94. The molecule has 3 rings (SSSR count). The molecule has 0 radical (unpaired) electrons. The number of nitrogens with zero attached hydrogens (tertiary/aromatic N) is 1. The molecular weight excluding hydrogens is 352 g/mol. The Morgan fingerprint density at radius 2 is 1.71 bits per heavy atom. The molecule has 1 aliphatic heterocycles. The van der Waals surface area contributed by atoms with Crippen molar-refractivity contribution in [3.8, 4) is 0 Å². The Labute approximate surface area is 166 Å². The number of amides is 2. The molecule has 0 spiro atoms. The third kappa shape index (κ3) is 4.25. The number of carbonyl (C=O) groups excluding carboxylic acids is 2. The first-order valence-electron chi connectivity index (χ1n) is 9.70. The molecule has 0 saturated carbocycles. The van der Waals surface area contributed by atoms with Gasteiger partial charge in [-0.2, -0.15) is 0 Å². The first-order chi connectivity index (χ1) is 13.5. The Morgan fingerprint density at radius 1 is 1.04 bits per heavy atom. The van der Waals surface area contributed by atoms with Crippen molar-refractivity contribution in [3.05, 3.63) is 70.8 Å². The van der Waals surface area contributed by atoms with E-state index in [2.05, 4.69) is 24.4 Å². The molecule has 5 nitrogen and oxygen atoms in total. The molecule has 2 aromatic rings. The minimum atomic E-state index is -0.272. The van der Waals surface area contributed by atoms with Gasteiger partial charge < -0.3 is 15.0 Å². The zero-order valence-corrected chi connectivity index (χ0v) is 16.8. The topological polar surface area (TPSA) is 58.6 Å². The Morgan fingerprint density at radius 3 is 2.39 bits per heavy atom. The highest BCUT2D eigenvalue weighted by Gasteiger charge is 2.41. The molecule has 5 heteroatoms. The smallest absolute Gasteiger partial charge is 0.254 e. The molecule has 1 N–H and O–H groups in total. The van der Waals surface area contributed by atoms with Crippen molar-refractivity contribution in [1.82, 2.24) is 10.2 Å². The predicted octanol–water partition coefficient (Wildman–Crippen LogP) is 2.92. The van der Waals surface area contributed by atoms with Crippen LogP contribution >= 0.6 is 0 Å². The van der Waals surface area contributed by atoms with E-state index >= 15 is 0 Å². The van der Waals surface area contributed by atoms with Gasteiger partial charge in [0, 0.05) is 38.2 Å². The van der Waals surface area contributed by atoms with Gasteiger partial charge in [-0.1, -0.05) is 42.5 Å². The van der Waals surface area contributed by atoms with Crippen molar-refractivity contribution < 1.29 is 14.3 Å². The second kappa shape index (κ2) is 9.02. The van der Waals surface area contributed by atoms with Crippen molar-refractivity contribution in [2.45, 2.75) is 19.8 Å². The van der Waals surface area contributed by atoms with Crippen LogP contribution in [0.1, 0.15) is 33.0 Å². The second-order valence-corrected chi connectivity index (χ2v) is 7.38. The summed E-state index contributed by atoms with van der Waals surface area (Å²) in [7, 11) is 1.61. The SMILES string of the molecule is COCCNC(=O)C1CN(C(=O)c2ccccc2C)CC1c1ccccc1C. The van der Waals surface area contributed by atoms with Gasteiger partial charge in [-0.05, 0) is 36.6 Å². The molecule has 1 saturated heterocycles. The average Bonchev–Trinajstić information content (AvgIpc) is 3.13. The van der Waals surface area contributed by atoms with Crippen LogP contribution in [0.15, 0.2) is 48.5 Å². The van der Waals surface area contributed by atoms with E-state index in [1.54, 1.807) is 7.11 Å². The minimum absolute atomic E-state index is 0.0103. The van der Waals surface area contributed by atoms with Gasteiger partial charge in [-0.25, -0.2) is 0 Å². The first-order valence-corrected chi connectivity index (χ1v) is 9.70. The number of hydrogen-bond donors (Lipinski definition) is 1. The van der Waals surface area contributed by atoms with Gasteiger partial charge in [0.25, 0.3) is 5.91 Å². The molecule has 2 aromatic carbocycles. The van der Waals surface area contributed by atoms with Gasteiger partial charge in [-0.15, -0.1) is 0 Å². The van der Waals surface area contributed by atoms with E-state index in [1.807, 2.05) is 48.2 Å². The Hall–Kier alpha value is -2.66. The van der Waals surface area contributed by atoms with E-state index in [0.717, 1.165) is 16.7 Å². The van der Waals surface area contributed by atoms with Crippen LogP contribution in [-0.2, 0) is 9.53 Å². The van der Waals surface area contributed by atoms with Gasteiger partial charge in [-0.3, -0.25) is 9.59 Å². The summed E-state index contributed by atoms with van der Waals surface area (Å²) in [6, 6.07) is 15.7. The number of carbonyl (C=O) groups is 2. The summed E-state index contributed by atoms with van der Waals surface area (Å²) >= 11 is 0. The molecule has 2 unspecified atom stereocenters. The number of aryl methyl sites for hydroxylation is 2. The maximum Gasteiger partial charge on any atom is 0.254 e. The standard InChI is InChI=1S/C23H28N2O3/c1-16-8-4-6-10-18(16)20-14-25(15-21(20)22(26)24-12-13-28-3)23(27)19-11-7-5-9-17(19)2/h4-11,20-21H,12-15H2,1-3H3,(H,24,26). The Kier molecular flexibility index (Phi) is 6.47. The van der Waals surface area contributed by atoms with Crippen molar-refractivity contribution in [2.75, 3.05) is 33.4 Å². The highest BCUT2D eigenvalue weighted by molar-refractivity contribution is 5.96. The van der Waals surface area contributed by atoms with Crippen LogP contribution in [0.4, 0.5) is 0 Å². The summed E-state index contributed by atoms with van der Waals surface area (Å²) in [5, 5.41) is 2.95. The molecule has 1 fully saturated rings. The van der Waals surface area contributed by atoms with Crippen LogP contribution in [0.25, 0.3) is 0 Å². The molecule has 0 aromatic heterocycles. The molecule has 2 atom stereocenters. The lowest BCUT2D eigenvalue weighted by atomic mass is 9.86. The lowest BCUT2D eigenvalue weighted by Crippen LogP contribution is -2.37. The lowest BCUT2D eigenvalue weighted by molar-refractivity contribution is -0.125. The largest absolute Gasteiger partial charge is 0.383 e. The third-order valence-electron chi connectivity index (χ3n) is 5.51. The maximum absolute atomic E-state index is 13.1. The lowest BCUT2D eigenvalue weighted by Gasteiger charge is -2.20. The van der Waals surface area contributed by atoms with Crippen molar-refractivity contribution >= 4 is 11.8 Å². The number of nitrogens with one attached hydrogen (secondary N) is 1.